The minimum Gasteiger partial charge on any atom is -0.455 e. The van der Waals surface area contributed by atoms with Crippen LogP contribution in [-0.4, -0.2) is 15.0 Å². The number of furan rings is 1. The molecule has 0 aliphatic carbocycles. The highest BCUT2D eigenvalue weighted by Crippen LogP contribution is 2.42. The molecular weight excluding hydrogens is 671 g/mol. The summed E-state index contributed by atoms with van der Waals surface area (Å²) in [6.07, 6.45) is 0. The van der Waals surface area contributed by atoms with Crippen molar-refractivity contribution < 1.29 is 4.42 Å². The Morgan fingerprint density at radius 1 is 0.309 bits per heavy atom. The van der Waals surface area contributed by atoms with E-state index in [4.69, 9.17) is 19.4 Å². The van der Waals surface area contributed by atoms with Crippen LogP contribution in [0.5, 0.6) is 0 Å². The zero-order valence-electron chi connectivity index (χ0n) is 29.6. The van der Waals surface area contributed by atoms with Crippen molar-refractivity contribution in [3.05, 3.63) is 188 Å². The van der Waals surface area contributed by atoms with Crippen LogP contribution in [0, 0.1) is 0 Å². The van der Waals surface area contributed by atoms with Gasteiger partial charge >= 0.3 is 0 Å². The van der Waals surface area contributed by atoms with E-state index < -0.39 is 0 Å². The third kappa shape index (κ3) is 5.26. The van der Waals surface area contributed by atoms with Gasteiger partial charge in [-0.25, -0.2) is 15.0 Å². The monoisotopic (exact) mass is 701 g/mol. The minimum absolute atomic E-state index is 0.556. The normalized spacial score (nSPS) is 11.6. The van der Waals surface area contributed by atoms with Crippen LogP contribution in [-0.2, 0) is 0 Å². The summed E-state index contributed by atoms with van der Waals surface area (Å²) in [4.78, 5) is 15.9. The highest BCUT2D eigenvalue weighted by Gasteiger charge is 2.21. The average molecular weight is 702 g/mol. The SMILES string of the molecule is c1ccc2cc(-c3ccc(-c4nc(-c5c(-c6cccc7ccccc67)ccc6ccccc56)nc(-c5cccc6c5oc5ccccc56)n4)cc3)ccc2c1. The van der Waals surface area contributed by atoms with Gasteiger partial charge in [-0.15, -0.1) is 0 Å². The molecule has 4 heteroatoms. The van der Waals surface area contributed by atoms with Crippen molar-refractivity contribution in [2.45, 2.75) is 0 Å². The maximum absolute atomic E-state index is 6.54. The fourth-order valence-electron chi connectivity index (χ4n) is 8.04. The van der Waals surface area contributed by atoms with Gasteiger partial charge in [-0.2, -0.15) is 0 Å². The van der Waals surface area contributed by atoms with E-state index in [1.807, 2.05) is 24.3 Å². The quantitative estimate of drug-likeness (QED) is 0.179. The molecule has 0 aliphatic rings. The van der Waals surface area contributed by atoms with Crippen LogP contribution in [0.2, 0.25) is 0 Å². The van der Waals surface area contributed by atoms with Gasteiger partial charge in [0.15, 0.2) is 17.5 Å². The summed E-state index contributed by atoms with van der Waals surface area (Å²) < 4.78 is 6.54. The number of nitrogens with zero attached hydrogens (tertiary/aromatic N) is 3. The van der Waals surface area contributed by atoms with Gasteiger partial charge in [0, 0.05) is 21.9 Å². The fraction of sp³-hybridized carbons (Fsp3) is 0. The lowest BCUT2D eigenvalue weighted by molar-refractivity contribution is 0.669. The molecule has 0 N–H and O–H groups in total. The zero-order chi connectivity index (χ0) is 36.3. The lowest BCUT2D eigenvalue weighted by atomic mass is 9.90. The topological polar surface area (TPSA) is 51.8 Å². The summed E-state index contributed by atoms with van der Waals surface area (Å²) in [5, 5.41) is 9.07. The Morgan fingerprint density at radius 3 is 1.73 bits per heavy atom. The lowest BCUT2D eigenvalue weighted by Gasteiger charge is -2.16. The van der Waals surface area contributed by atoms with Crippen molar-refractivity contribution >= 4 is 54.3 Å². The fourth-order valence-corrected chi connectivity index (χ4v) is 8.04. The van der Waals surface area contributed by atoms with E-state index in [0.717, 1.165) is 71.7 Å². The molecular formula is C51H31N3O. The smallest absolute Gasteiger partial charge is 0.167 e. The first-order valence-electron chi connectivity index (χ1n) is 18.5. The molecule has 0 fully saturated rings. The minimum atomic E-state index is 0.556. The summed E-state index contributed by atoms with van der Waals surface area (Å²) in [6.45, 7) is 0. The Bertz CT molecular complexity index is 3270. The summed E-state index contributed by atoms with van der Waals surface area (Å²) in [5.74, 6) is 1.75. The van der Waals surface area contributed by atoms with Crippen LogP contribution < -0.4 is 0 Å². The number of para-hydroxylation sites is 2. The van der Waals surface area contributed by atoms with Crippen molar-refractivity contribution in [3.8, 4) is 56.4 Å². The van der Waals surface area contributed by atoms with Crippen molar-refractivity contribution in [1.82, 2.24) is 15.0 Å². The highest BCUT2D eigenvalue weighted by atomic mass is 16.3. The first-order valence-corrected chi connectivity index (χ1v) is 18.5. The highest BCUT2D eigenvalue weighted by molar-refractivity contribution is 6.10. The third-order valence-electron chi connectivity index (χ3n) is 10.7. The van der Waals surface area contributed by atoms with Gasteiger partial charge < -0.3 is 4.42 Å². The van der Waals surface area contributed by atoms with Crippen molar-refractivity contribution in [2.24, 2.45) is 0 Å². The van der Waals surface area contributed by atoms with Gasteiger partial charge in [-0.3, -0.25) is 0 Å². The molecule has 0 spiro atoms. The number of benzene rings is 9. The molecule has 0 bridgehead atoms. The average Bonchev–Trinajstić information content (AvgIpc) is 3.64. The number of aromatic nitrogens is 3. The molecule has 2 heterocycles. The first-order chi connectivity index (χ1) is 27.2. The summed E-state index contributed by atoms with van der Waals surface area (Å²) >= 11 is 0. The Hall–Kier alpha value is -7.43. The van der Waals surface area contributed by atoms with Crippen LogP contribution in [0.3, 0.4) is 0 Å². The van der Waals surface area contributed by atoms with Crippen molar-refractivity contribution in [3.63, 3.8) is 0 Å². The molecule has 55 heavy (non-hydrogen) atoms. The molecule has 2 aromatic heterocycles. The Balaban J connectivity index is 1.16. The van der Waals surface area contributed by atoms with Crippen LogP contribution in [0.15, 0.2) is 192 Å². The summed E-state index contributed by atoms with van der Waals surface area (Å²) in [7, 11) is 0. The molecule has 0 aliphatic heterocycles. The van der Waals surface area contributed by atoms with Crippen molar-refractivity contribution in [1.29, 1.82) is 0 Å². The molecule has 0 radical (unpaired) electrons. The van der Waals surface area contributed by atoms with E-state index in [9.17, 15) is 0 Å². The van der Waals surface area contributed by atoms with Crippen LogP contribution in [0.1, 0.15) is 0 Å². The third-order valence-corrected chi connectivity index (χ3v) is 10.7. The second kappa shape index (κ2) is 12.6. The molecule has 0 saturated carbocycles. The van der Waals surface area contributed by atoms with E-state index in [2.05, 4.69) is 164 Å². The molecule has 0 amide bonds. The number of rotatable bonds is 5. The van der Waals surface area contributed by atoms with E-state index in [0.29, 0.717) is 17.5 Å². The molecule has 11 aromatic rings. The molecule has 256 valence electrons. The first kappa shape index (κ1) is 31.1. The maximum Gasteiger partial charge on any atom is 0.167 e. The number of fused-ring (bicyclic) bond motifs is 6. The Kier molecular flexibility index (Phi) is 7.14. The van der Waals surface area contributed by atoms with Gasteiger partial charge in [-0.1, -0.05) is 170 Å². The molecule has 4 nitrogen and oxygen atoms in total. The van der Waals surface area contributed by atoms with E-state index in [-0.39, 0.29) is 0 Å². The van der Waals surface area contributed by atoms with E-state index in [1.54, 1.807) is 0 Å². The molecule has 9 aromatic carbocycles. The molecule has 0 saturated heterocycles. The summed E-state index contributed by atoms with van der Waals surface area (Å²) in [6, 6.07) is 65.8. The predicted molar refractivity (Wildman–Crippen MR) is 227 cm³/mol. The lowest BCUT2D eigenvalue weighted by Crippen LogP contribution is -2.02. The van der Waals surface area contributed by atoms with Gasteiger partial charge in [0.05, 0.1) is 5.56 Å². The maximum atomic E-state index is 6.54. The standard InChI is InChI=1S/C51H31N3O/c1-2-14-37-31-38(28-25-32(37)11-1)33-23-26-36(27-24-33)49-52-50(45-21-10-20-44-42-18-7-8-22-46(42)55-48(44)45)54-51(53-49)47-40-17-6-4-13-35(40)29-30-43(47)41-19-9-15-34-12-3-5-16-39(34)41/h1-31H. The zero-order valence-corrected chi connectivity index (χ0v) is 29.6. The van der Waals surface area contributed by atoms with Gasteiger partial charge in [-0.05, 0) is 72.8 Å². The number of hydrogen-bond acceptors (Lipinski definition) is 4. The largest absolute Gasteiger partial charge is 0.455 e. The van der Waals surface area contributed by atoms with E-state index in [1.165, 1.54) is 21.5 Å². The molecule has 11 rings (SSSR count). The number of hydrogen-bond donors (Lipinski definition) is 0. The van der Waals surface area contributed by atoms with Gasteiger partial charge in [0.2, 0.25) is 0 Å². The van der Waals surface area contributed by atoms with Crippen LogP contribution in [0.4, 0.5) is 0 Å². The van der Waals surface area contributed by atoms with Crippen LogP contribution in [0.25, 0.3) is 111 Å². The van der Waals surface area contributed by atoms with Crippen molar-refractivity contribution in [2.75, 3.05) is 0 Å². The predicted octanol–water partition coefficient (Wildman–Crippen LogP) is 13.6. The Morgan fingerprint density at radius 2 is 0.873 bits per heavy atom. The second-order valence-corrected chi connectivity index (χ2v) is 14.0. The summed E-state index contributed by atoms with van der Waals surface area (Å²) in [5.41, 5.74) is 8.74. The second-order valence-electron chi connectivity index (χ2n) is 14.0. The van der Waals surface area contributed by atoms with E-state index >= 15 is 0 Å². The molecule has 0 unspecified atom stereocenters. The van der Waals surface area contributed by atoms with Crippen LogP contribution >= 0.6 is 0 Å². The molecule has 0 atom stereocenters. The Labute approximate surface area is 317 Å². The van der Waals surface area contributed by atoms with Gasteiger partial charge in [0.25, 0.3) is 0 Å². The van der Waals surface area contributed by atoms with Gasteiger partial charge in [0.1, 0.15) is 11.2 Å².